The first-order valence-corrected chi connectivity index (χ1v) is 9.81. The number of nitrogens with one attached hydrogen (secondary N) is 1. The van der Waals surface area contributed by atoms with Gasteiger partial charge in [0.15, 0.2) is 10.0 Å². The summed E-state index contributed by atoms with van der Waals surface area (Å²) in [5, 5.41) is 15.1. The van der Waals surface area contributed by atoms with Crippen LogP contribution in [0, 0.1) is 6.92 Å². The molecular formula is C17H17N5O2S2. The Bertz CT molecular complexity index is 966. The molecule has 0 unspecified atom stereocenters. The molecular weight excluding hydrogens is 370 g/mol. The highest BCUT2D eigenvalue weighted by Crippen LogP contribution is 2.25. The molecule has 3 rings (SSSR count). The first kappa shape index (κ1) is 18.3. The lowest BCUT2D eigenvalue weighted by Crippen LogP contribution is -2.25. The van der Waals surface area contributed by atoms with E-state index in [1.807, 2.05) is 31.2 Å². The maximum absolute atomic E-state index is 12.4. The smallest absolute Gasteiger partial charge is 0.282 e. The molecule has 0 radical (unpaired) electrons. The van der Waals surface area contributed by atoms with Crippen molar-refractivity contribution in [2.45, 2.75) is 24.6 Å². The van der Waals surface area contributed by atoms with Crippen LogP contribution in [0.3, 0.4) is 0 Å². The minimum Gasteiger partial charge on any atom is -0.295 e. The summed E-state index contributed by atoms with van der Waals surface area (Å²) in [4.78, 5) is 24.5. The molecule has 0 spiro atoms. The fourth-order valence-corrected chi connectivity index (χ4v) is 3.74. The highest BCUT2D eigenvalue weighted by Gasteiger charge is 2.16. The molecule has 0 aliphatic rings. The van der Waals surface area contributed by atoms with Crippen molar-refractivity contribution in [3.63, 3.8) is 0 Å². The third kappa shape index (κ3) is 4.36. The lowest BCUT2D eigenvalue weighted by molar-refractivity contribution is 0.101. The average molecular weight is 387 g/mol. The lowest BCUT2D eigenvalue weighted by Gasteiger charge is -2.07. The normalized spacial score (nSPS) is 10.7. The summed E-state index contributed by atoms with van der Waals surface area (Å²) in [7, 11) is 0. The topological polar surface area (TPSA) is 89.8 Å². The van der Waals surface area contributed by atoms with Crippen molar-refractivity contribution in [2.75, 3.05) is 11.1 Å². The van der Waals surface area contributed by atoms with E-state index in [1.165, 1.54) is 28.3 Å². The van der Waals surface area contributed by atoms with E-state index in [0.717, 1.165) is 27.8 Å². The summed E-state index contributed by atoms with van der Waals surface area (Å²) >= 11 is 2.86. The number of carbonyl (C=O) groups excluding carboxylic acids is 1. The van der Waals surface area contributed by atoms with Crippen molar-refractivity contribution in [1.82, 2.24) is 20.0 Å². The lowest BCUT2D eigenvalue weighted by atomic mass is 10.2. The molecule has 0 fully saturated rings. The van der Waals surface area contributed by atoms with Crippen molar-refractivity contribution in [3.05, 3.63) is 58.0 Å². The monoisotopic (exact) mass is 387 g/mol. The Hall–Kier alpha value is -2.52. The predicted octanol–water partition coefficient (Wildman–Crippen LogP) is 3.15. The SMILES string of the molecule is CCCSc1nnc(NC(=O)c2nn(-c3ccc(C)cc3)ccc2=O)s1. The number of rotatable bonds is 6. The van der Waals surface area contributed by atoms with Gasteiger partial charge in [0.05, 0.1) is 5.69 Å². The number of nitrogens with zero attached hydrogens (tertiary/aromatic N) is 4. The number of thioether (sulfide) groups is 1. The quantitative estimate of drug-likeness (QED) is 0.516. The fourth-order valence-electron chi connectivity index (χ4n) is 2.07. The highest BCUT2D eigenvalue weighted by atomic mass is 32.2. The third-order valence-electron chi connectivity index (χ3n) is 3.38. The average Bonchev–Trinajstić information content (AvgIpc) is 3.08. The van der Waals surface area contributed by atoms with Crippen LogP contribution in [0.1, 0.15) is 29.4 Å². The number of aromatic nitrogens is 4. The molecule has 0 aliphatic carbocycles. The molecule has 2 heterocycles. The fraction of sp³-hybridized carbons (Fsp3) is 0.235. The molecule has 0 saturated carbocycles. The van der Waals surface area contributed by atoms with Crippen LogP contribution in [0.4, 0.5) is 5.13 Å². The van der Waals surface area contributed by atoms with E-state index in [9.17, 15) is 9.59 Å². The first-order chi connectivity index (χ1) is 12.6. The van der Waals surface area contributed by atoms with Crippen molar-refractivity contribution in [1.29, 1.82) is 0 Å². The molecule has 9 heteroatoms. The van der Waals surface area contributed by atoms with Gasteiger partial charge >= 0.3 is 0 Å². The van der Waals surface area contributed by atoms with Crippen LogP contribution in [-0.2, 0) is 0 Å². The Morgan fingerprint density at radius 1 is 1.23 bits per heavy atom. The standard InChI is InChI=1S/C17H17N5O2S2/c1-3-10-25-17-20-19-16(26-17)18-15(24)14-13(23)8-9-22(21-14)12-6-4-11(2)5-7-12/h4-9H,3,10H2,1-2H3,(H,18,19,24). The van der Waals surface area contributed by atoms with Gasteiger partial charge in [0.25, 0.3) is 5.91 Å². The maximum Gasteiger partial charge on any atom is 0.282 e. The van der Waals surface area contributed by atoms with E-state index >= 15 is 0 Å². The molecule has 1 amide bonds. The van der Waals surface area contributed by atoms with Gasteiger partial charge in [-0.05, 0) is 25.5 Å². The Labute approximate surface area is 158 Å². The Balaban J connectivity index is 1.80. The summed E-state index contributed by atoms with van der Waals surface area (Å²) < 4.78 is 2.28. The number of amides is 1. The molecule has 26 heavy (non-hydrogen) atoms. The summed E-state index contributed by atoms with van der Waals surface area (Å²) in [6.07, 6.45) is 2.56. The third-order valence-corrected chi connectivity index (χ3v) is 5.56. The number of hydrogen-bond acceptors (Lipinski definition) is 7. The second kappa shape index (κ2) is 8.24. The molecule has 0 bridgehead atoms. The zero-order valence-electron chi connectivity index (χ0n) is 14.3. The number of carbonyl (C=O) groups is 1. The van der Waals surface area contributed by atoms with Gasteiger partial charge < -0.3 is 0 Å². The van der Waals surface area contributed by atoms with Gasteiger partial charge in [-0.3, -0.25) is 14.9 Å². The van der Waals surface area contributed by atoms with Crippen LogP contribution in [0.2, 0.25) is 0 Å². The minimum atomic E-state index is -0.598. The number of aryl methyl sites for hydroxylation is 1. The van der Waals surface area contributed by atoms with Gasteiger partial charge in [-0.1, -0.05) is 47.7 Å². The van der Waals surface area contributed by atoms with Crippen LogP contribution >= 0.6 is 23.1 Å². The molecule has 0 saturated heterocycles. The molecule has 2 aromatic heterocycles. The van der Waals surface area contributed by atoms with Crippen LogP contribution in [-0.4, -0.2) is 31.6 Å². The van der Waals surface area contributed by atoms with Crippen molar-refractivity contribution >= 4 is 34.1 Å². The van der Waals surface area contributed by atoms with Crippen LogP contribution in [0.15, 0.2) is 45.7 Å². The molecule has 7 nitrogen and oxygen atoms in total. The highest BCUT2D eigenvalue weighted by molar-refractivity contribution is 8.01. The molecule has 3 aromatic rings. The summed E-state index contributed by atoms with van der Waals surface area (Å²) in [6.45, 7) is 4.06. The molecule has 1 N–H and O–H groups in total. The number of hydrogen-bond donors (Lipinski definition) is 1. The van der Waals surface area contributed by atoms with E-state index in [0.29, 0.717) is 5.13 Å². The Morgan fingerprint density at radius 3 is 2.73 bits per heavy atom. The van der Waals surface area contributed by atoms with Crippen LogP contribution < -0.4 is 10.7 Å². The number of benzene rings is 1. The van der Waals surface area contributed by atoms with Crippen LogP contribution in [0.25, 0.3) is 5.69 Å². The van der Waals surface area contributed by atoms with Crippen molar-refractivity contribution in [2.24, 2.45) is 0 Å². The van der Waals surface area contributed by atoms with Crippen LogP contribution in [0.5, 0.6) is 0 Å². The maximum atomic E-state index is 12.4. The Kier molecular flexibility index (Phi) is 5.79. The van der Waals surface area contributed by atoms with Gasteiger partial charge in [-0.25, -0.2) is 4.68 Å². The van der Waals surface area contributed by atoms with Gasteiger partial charge in [0.2, 0.25) is 10.6 Å². The number of anilines is 1. The molecule has 1 aromatic carbocycles. The van der Waals surface area contributed by atoms with Gasteiger partial charge in [0, 0.05) is 18.0 Å². The first-order valence-electron chi connectivity index (χ1n) is 8.01. The van der Waals surface area contributed by atoms with Gasteiger partial charge in [-0.15, -0.1) is 10.2 Å². The van der Waals surface area contributed by atoms with E-state index in [-0.39, 0.29) is 5.69 Å². The van der Waals surface area contributed by atoms with E-state index in [2.05, 4.69) is 27.5 Å². The minimum absolute atomic E-state index is 0.189. The second-order valence-electron chi connectivity index (χ2n) is 5.48. The van der Waals surface area contributed by atoms with E-state index < -0.39 is 11.3 Å². The zero-order chi connectivity index (χ0) is 18.5. The summed E-state index contributed by atoms with van der Waals surface area (Å²) in [5.74, 6) is 0.337. The van der Waals surface area contributed by atoms with Gasteiger partial charge in [0.1, 0.15) is 0 Å². The zero-order valence-corrected chi connectivity index (χ0v) is 15.9. The molecule has 134 valence electrons. The van der Waals surface area contributed by atoms with Crippen molar-refractivity contribution < 1.29 is 4.79 Å². The van der Waals surface area contributed by atoms with Crippen molar-refractivity contribution in [3.8, 4) is 5.69 Å². The molecule has 0 aliphatic heterocycles. The largest absolute Gasteiger partial charge is 0.295 e. The molecule has 0 atom stereocenters. The van der Waals surface area contributed by atoms with Gasteiger partial charge in [-0.2, -0.15) is 5.10 Å². The predicted molar refractivity (Wildman–Crippen MR) is 103 cm³/mol. The Morgan fingerprint density at radius 2 is 2.00 bits per heavy atom. The van der Waals surface area contributed by atoms with E-state index in [1.54, 1.807) is 11.8 Å². The second-order valence-corrected chi connectivity index (χ2v) is 7.80. The summed E-state index contributed by atoms with van der Waals surface area (Å²) in [6, 6.07) is 8.94. The summed E-state index contributed by atoms with van der Waals surface area (Å²) in [5.41, 5.74) is 1.24. The van der Waals surface area contributed by atoms with E-state index in [4.69, 9.17) is 0 Å².